The number of anilines is 1. The first-order chi connectivity index (χ1) is 18.0. The molecule has 3 aromatic rings. The van der Waals surface area contributed by atoms with E-state index >= 15 is 0 Å². The number of hydrogen-bond acceptors (Lipinski definition) is 7. The summed E-state index contributed by atoms with van der Waals surface area (Å²) in [6, 6.07) is 6.59. The van der Waals surface area contributed by atoms with Gasteiger partial charge in [0.25, 0.3) is 11.8 Å². The third-order valence-corrected chi connectivity index (χ3v) is 8.09. The van der Waals surface area contributed by atoms with Crippen LogP contribution in [0.25, 0.3) is 10.9 Å². The molecule has 3 fully saturated rings. The maximum Gasteiger partial charge on any atom is 0.262 e. The van der Waals surface area contributed by atoms with Gasteiger partial charge >= 0.3 is 0 Å². The number of pyridine rings is 1. The van der Waals surface area contributed by atoms with Crippen molar-refractivity contribution in [1.82, 2.24) is 25.0 Å². The van der Waals surface area contributed by atoms with Crippen LogP contribution in [0.3, 0.4) is 0 Å². The van der Waals surface area contributed by atoms with Crippen molar-refractivity contribution in [2.45, 2.75) is 56.5 Å². The zero-order valence-electron chi connectivity index (χ0n) is 20.1. The SMILES string of the molecule is O=C1CCC(N2C(=O)c3ccc(NCC4CC(n5nc(C6CC6)c6ccncc65)C4)cc3C2=O)C(=O)N1. The summed E-state index contributed by atoms with van der Waals surface area (Å²) in [5.74, 6) is -0.918. The number of rotatable bonds is 6. The van der Waals surface area contributed by atoms with Crippen LogP contribution in [0.15, 0.2) is 36.7 Å². The molecule has 4 amide bonds. The van der Waals surface area contributed by atoms with Gasteiger partial charge in [-0.15, -0.1) is 0 Å². The van der Waals surface area contributed by atoms with Gasteiger partial charge in [0.15, 0.2) is 0 Å². The van der Waals surface area contributed by atoms with Crippen LogP contribution in [0.2, 0.25) is 0 Å². The third kappa shape index (κ3) is 3.61. The summed E-state index contributed by atoms with van der Waals surface area (Å²) in [6.07, 6.45) is 8.45. The van der Waals surface area contributed by atoms with Crippen molar-refractivity contribution in [3.05, 3.63) is 53.5 Å². The number of nitrogens with one attached hydrogen (secondary N) is 2. The molecule has 2 saturated carbocycles. The smallest absolute Gasteiger partial charge is 0.262 e. The van der Waals surface area contributed by atoms with Crippen LogP contribution in [0.5, 0.6) is 0 Å². The van der Waals surface area contributed by atoms with Crippen molar-refractivity contribution < 1.29 is 19.2 Å². The fourth-order valence-corrected chi connectivity index (χ4v) is 5.86. The highest BCUT2D eigenvalue weighted by molar-refractivity contribution is 6.23. The summed E-state index contributed by atoms with van der Waals surface area (Å²) in [5, 5.41) is 11.8. The first-order valence-electron chi connectivity index (χ1n) is 12.9. The van der Waals surface area contributed by atoms with E-state index in [4.69, 9.17) is 5.10 Å². The van der Waals surface area contributed by atoms with E-state index < -0.39 is 23.8 Å². The van der Waals surface area contributed by atoms with Gasteiger partial charge in [-0.05, 0) is 62.3 Å². The highest BCUT2D eigenvalue weighted by atomic mass is 16.2. The monoisotopic (exact) mass is 498 g/mol. The normalized spacial score (nSPS) is 25.3. The number of amides is 4. The molecular formula is C27H26N6O4. The van der Waals surface area contributed by atoms with Crippen LogP contribution in [0.4, 0.5) is 5.69 Å². The number of carbonyl (C=O) groups is 4. The minimum Gasteiger partial charge on any atom is -0.385 e. The molecular weight excluding hydrogens is 472 g/mol. The minimum absolute atomic E-state index is 0.103. The number of imide groups is 2. The van der Waals surface area contributed by atoms with E-state index in [-0.39, 0.29) is 29.9 Å². The fourth-order valence-electron chi connectivity index (χ4n) is 5.86. The number of fused-ring (bicyclic) bond motifs is 2. The Labute approximate surface area is 212 Å². The Morgan fingerprint density at radius 3 is 2.59 bits per heavy atom. The Balaban J connectivity index is 1.01. The first kappa shape index (κ1) is 22.1. The van der Waals surface area contributed by atoms with Crippen molar-refractivity contribution in [3.8, 4) is 0 Å². The average molecular weight is 499 g/mol. The van der Waals surface area contributed by atoms with E-state index in [2.05, 4.69) is 26.4 Å². The predicted molar refractivity (Wildman–Crippen MR) is 133 cm³/mol. The van der Waals surface area contributed by atoms with E-state index in [9.17, 15) is 19.2 Å². The molecule has 10 heteroatoms. The molecule has 37 heavy (non-hydrogen) atoms. The second-order valence-electron chi connectivity index (χ2n) is 10.6. The van der Waals surface area contributed by atoms with Crippen molar-refractivity contribution in [2.24, 2.45) is 5.92 Å². The van der Waals surface area contributed by atoms with Crippen molar-refractivity contribution in [1.29, 1.82) is 0 Å². The maximum absolute atomic E-state index is 13.1. The Bertz CT molecular complexity index is 1490. The molecule has 2 aliphatic carbocycles. The molecule has 4 aliphatic rings. The van der Waals surface area contributed by atoms with E-state index in [0.717, 1.165) is 35.5 Å². The first-order valence-corrected chi connectivity index (χ1v) is 12.9. The molecule has 188 valence electrons. The van der Waals surface area contributed by atoms with Crippen molar-refractivity contribution in [2.75, 3.05) is 11.9 Å². The van der Waals surface area contributed by atoms with Crippen LogP contribution >= 0.6 is 0 Å². The minimum atomic E-state index is -0.956. The maximum atomic E-state index is 13.1. The van der Waals surface area contributed by atoms with Crippen molar-refractivity contribution in [3.63, 3.8) is 0 Å². The summed E-state index contributed by atoms with van der Waals surface area (Å²) in [7, 11) is 0. The van der Waals surface area contributed by atoms with Crippen LogP contribution in [0, 0.1) is 5.92 Å². The third-order valence-electron chi connectivity index (χ3n) is 8.09. The number of aromatic nitrogens is 3. The Morgan fingerprint density at radius 2 is 1.81 bits per heavy atom. The molecule has 1 aromatic carbocycles. The molecule has 10 nitrogen and oxygen atoms in total. The number of benzene rings is 1. The van der Waals surface area contributed by atoms with Gasteiger partial charge in [-0.3, -0.25) is 39.1 Å². The van der Waals surface area contributed by atoms with Crippen LogP contribution < -0.4 is 10.6 Å². The van der Waals surface area contributed by atoms with Gasteiger partial charge < -0.3 is 5.32 Å². The van der Waals surface area contributed by atoms with Crippen LogP contribution in [-0.2, 0) is 9.59 Å². The lowest BCUT2D eigenvalue weighted by molar-refractivity contribution is -0.136. The highest BCUT2D eigenvalue weighted by Gasteiger charge is 2.44. The van der Waals surface area contributed by atoms with Crippen molar-refractivity contribution >= 4 is 40.2 Å². The summed E-state index contributed by atoms with van der Waals surface area (Å²) in [6.45, 7) is 0.751. The second kappa shape index (κ2) is 8.22. The molecule has 2 aliphatic heterocycles. The fraction of sp³-hybridized carbons (Fsp3) is 0.407. The predicted octanol–water partition coefficient (Wildman–Crippen LogP) is 2.77. The van der Waals surface area contributed by atoms with Gasteiger partial charge in [-0.1, -0.05) is 0 Å². The van der Waals surface area contributed by atoms with Crippen LogP contribution in [-0.4, -0.2) is 55.9 Å². The molecule has 0 spiro atoms. The van der Waals surface area contributed by atoms with Gasteiger partial charge in [0.05, 0.1) is 34.6 Å². The van der Waals surface area contributed by atoms with E-state index in [1.807, 2.05) is 12.4 Å². The molecule has 7 rings (SSSR count). The van der Waals surface area contributed by atoms with Crippen LogP contribution in [0.1, 0.15) is 76.9 Å². The van der Waals surface area contributed by atoms with E-state index in [1.165, 1.54) is 23.9 Å². The van der Waals surface area contributed by atoms with E-state index in [1.54, 1.807) is 18.2 Å². The number of carbonyl (C=O) groups excluding carboxylic acids is 4. The molecule has 0 bridgehead atoms. The molecule has 1 unspecified atom stereocenters. The lowest BCUT2D eigenvalue weighted by atomic mass is 9.80. The summed E-state index contributed by atoms with van der Waals surface area (Å²) in [5.41, 5.74) is 3.66. The van der Waals surface area contributed by atoms with Gasteiger partial charge in [-0.25, -0.2) is 0 Å². The number of piperidine rings is 1. The van der Waals surface area contributed by atoms with Gasteiger partial charge in [0, 0.05) is 36.2 Å². The summed E-state index contributed by atoms with van der Waals surface area (Å²) < 4.78 is 2.16. The number of hydrogen-bond donors (Lipinski definition) is 2. The molecule has 4 heterocycles. The molecule has 0 radical (unpaired) electrons. The molecule has 1 saturated heterocycles. The van der Waals surface area contributed by atoms with E-state index in [0.29, 0.717) is 17.9 Å². The Hall–Kier alpha value is -4.08. The molecule has 1 atom stereocenters. The highest BCUT2D eigenvalue weighted by Crippen LogP contribution is 2.45. The largest absolute Gasteiger partial charge is 0.385 e. The number of nitrogens with zero attached hydrogens (tertiary/aromatic N) is 4. The lowest BCUT2D eigenvalue weighted by Gasteiger charge is -2.36. The van der Waals surface area contributed by atoms with Gasteiger partial charge in [-0.2, -0.15) is 5.10 Å². The molecule has 2 N–H and O–H groups in total. The Kier molecular flexibility index (Phi) is 4.92. The van der Waals surface area contributed by atoms with Gasteiger partial charge in [0.1, 0.15) is 6.04 Å². The zero-order chi connectivity index (χ0) is 25.3. The summed E-state index contributed by atoms with van der Waals surface area (Å²) in [4.78, 5) is 55.0. The second-order valence-corrected chi connectivity index (χ2v) is 10.6. The molecule has 2 aromatic heterocycles. The zero-order valence-corrected chi connectivity index (χ0v) is 20.1. The topological polar surface area (TPSA) is 126 Å². The lowest BCUT2D eigenvalue weighted by Crippen LogP contribution is -2.54. The average Bonchev–Trinajstić information content (AvgIpc) is 3.60. The standard InChI is InChI=1S/C27H26N6O4/c34-23-6-5-21(25(35)30-23)32-26(36)18-4-3-16(11-20(18)27(32)37)29-12-14-9-17(10-14)33-22-13-28-8-7-19(22)24(31-33)15-1-2-15/h3-4,7-8,11,13-15,17,21,29H,1-2,5-6,9-10,12H2,(H,30,34,35). The summed E-state index contributed by atoms with van der Waals surface area (Å²) >= 11 is 0. The Morgan fingerprint density at radius 1 is 1.00 bits per heavy atom. The quantitative estimate of drug-likeness (QED) is 0.501. The van der Waals surface area contributed by atoms with Gasteiger partial charge in [0.2, 0.25) is 11.8 Å².